The molecule has 0 heterocycles. The van der Waals surface area contributed by atoms with Gasteiger partial charge in [0.05, 0.1) is 0 Å². The highest BCUT2D eigenvalue weighted by atomic mass is 14.2. The van der Waals surface area contributed by atoms with Gasteiger partial charge >= 0.3 is 0 Å². The second-order valence-electron chi connectivity index (χ2n) is 2.85. The lowest BCUT2D eigenvalue weighted by molar-refractivity contribution is 0.813. The maximum Gasteiger partial charge on any atom is -0.0352 e. The maximum atomic E-state index is 3.68. The Bertz CT molecular complexity index is 51.1. The molecule has 0 saturated heterocycles. The molecule has 0 nitrogen and oxygen atoms in total. The molecule has 0 amide bonds. The summed E-state index contributed by atoms with van der Waals surface area (Å²) in [5.74, 6) is 1.01. The molecular weight excluding hydrogens is 120 g/mol. The molecule has 1 saturated carbocycles. The number of unbranched alkanes of at least 4 members (excludes halogenated alkanes) is 2. The first-order valence-corrected chi connectivity index (χ1v) is 4.47. The minimum Gasteiger partial charge on any atom is -0.0654 e. The molecule has 1 fully saturated rings. The van der Waals surface area contributed by atoms with Crippen molar-refractivity contribution in [1.29, 1.82) is 0 Å². The lowest BCUT2D eigenvalue weighted by atomic mass is 10.3. The fourth-order valence-electron chi connectivity index (χ4n) is 0.680. The van der Waals surface area contributed by atoms with E-state index in [9.17, 15) is 0 Å². The Balaban J connectivity index is 0.000000162. The summed E-state index contributed by atoms with van der Waals surface area (Å²) < 4.78 is 0. The van der Waals surface area contributed by atoms with Crippen LogP contribution >= 0.6 is 0 Å². The van der Waals surface area contributed by atoms with E-state index < -0.39 is 0 Å². The van der Waals surface area contributed by atoms with Gasteiger partial charge in [-0.2, -0.15) is 0 Å². The van der Waals surface area contributed by atoms with Crippen LogP contribution in [0.15, 0.2) is 0 Å². The molecule has 1 atom stereocenters. The summed E-state index contributed by atoms with van der Waals surface area (Å²) in [5.41, 5.74) is 0. The maximum absolute atomic E-state index is 3.68. The molecule has 0 N–H and O–H groups in total. The molecule has 0 aromatic heterocycles. The highest BCUT2D eigenvalue weighted by molar-refractivity contribution is 4.92. The quantitative estimate of drug-likeness (QED) is 0.561. The zero-order valence-corrected chi connectivity index (χ0v) is 7.40. The average molecular weight is 140 g/mol. The van der Waals surface area contributed by atoms with Crippen molar-refractivity contribution >= 4 is 0 Å². The van der Waals surface area contributed by atoms with Crippen molar-refractivity contribution < 1.29 is 0 Å². The monoisotopic (exact) mass is 140 g/mol. The van der Waals surface area contributed by atoms with Gasteiger partial charge in [-0.25, -0.2) is 0 Å². The second-order valence-corrected chi connectivity index (χ2v) is 2.85. The highest BCUT2D eigenvalue weighted by Gasteiger charge is 2.17. The van der Waals surface area contributed by atoms with Crippen molar-refractivity contribution in [3.05, 3.63) is 13.3 Å². The van der Waals surface area contributed by atoms with Gasteiger partial charge < -0.3 is 0 Å². The molecule has 10 heavy (non-hydrogen) atoms. The third-order valence-corrected chi connectivity index (χ3v) is 1.70. The minimum atomic E-state index is 1.01. The van der Waals surface area contributed by atoms with Crippen LogP contribution in [0.1, 0.15) is 46.0 Å². The van der Waals surface area contributed by atoms with Gasteiger partial charge in [0.2, 0.25) is 0 Å². The van der Waals surface area contributed by atoms with Crippen LogP contribution in [0.25, 0.3) is 0 Å². The molecule has 0 aromatic rings. The van der Waals surface area contributed by atoms with Crippen LogP contribution in [0.2, 0.25) is 0 Å². The van der Waals surface area contributed by atoms with E-state index in [2.05, 4.69) is 27.2 Å². The fourth-order valence-corrected chi connectivity index (χ4v) is 0.680. The van der Waals surface area contributed by atoms with E-state index in [1.54, 1.807) is 0 Å². The molecule has 0 aliphatic heterocycles. The predicted molar refractivity (Wildman–Crippen MR) is 47.6 cm³/mol. The summed E-state index contributed by atoms with van der Waals surface area (Å²) in [6.07, 6.45) is 8.75. The van der Waals surface area contributed by atoms with Crippen LogP contribution in [0, 0.1) is 19.3 Å². The van der Waals surface area contributed by atoms with Crippen LogP contribution in [0.3, 0.4) is 0 Å². The van der Waals surface area contributed by atoms with E-state index in [4.69, 9.17) is 0 Å². The zero-order chi connectivity index (χ0) is 7.82. The first kappa shape index (κ1) is 10.0. The molecule has 1 aliphatic carbocycles. The van der Waals surface area contributed by atoms with Crippen LogP contribution in [0.5, 0.6) is 0 Å². The van der Waals surface area contributed by atoms with Gasteiger partial charge in [-0.1, -0.05) is 46.5 Å². The minimum absolute atomic E-state index is 1.01. The summed E-state index contributed by atoms with van der Waals surface area (Å²) in [6.45, 7) is 8.08. The molecule has 0 spiro atoms. The third-order valence-electron chi connectivity index (χ3n) is 1.70. The molecule has 1 rings (SSSR count). The Kier molecular flexibility index (Phi) is 7.11. The Labute approximate surface area is 66.0 Å². The fraction of sp³-hybridized carbons (Fsp3) is 0.800. The van der Waals surface area contributed by atoms with Gasteiger partial charge in [0.15, 0.2) is 0 Å². The molecule has 60 valence electrons. The SMILES string of the molecule is CCC1[CH]C1.[CH2]CCCC. The largest absolute Gasteiger partial charge is 0.0654 e. The molecular formula is C10H20. The van der Waals surface area contributed by atoms with Crippen molar-refractivity contribution in [2.45, 2.75) is 46.0 Å². The van der Waals surface area contributed by atoms with Gasteiger partial charge in [0, 0.05) is 0 Å². The van der Waals surface area contributed by atoms with Gasteiger partial charge in [0.1, 0.15) is 0 Å². The van der Waals surface area contributed by atoms with Crippen molar-refractivity contribution in [1.82, 2.24) is 0 Å². The number of hydrogen-bond acceptors (Lipinski definition) is 0. The topological polar surface area (TPSA) is 0 Å². The lowest BCUT2D eigenvalue weighted by Gasteiger charge is -1.79. The number of hydrogen-bond donors (Lipinski definition) is 0. The molecule has 2 radical (unpaired) electrons. The zero-order valence-electron chi connectivity index (χ0n) is 7.40. The predicted octanol–water partition coefficient (Wildman–Crippen LogP) is 3.63. The van der Waals surface area contributed by atoms with Crippen LogP contribution in [0.4, 0.5) is 0 Å². The summed E-state index contributed by atoms with van der Waals surface area (Å²) in [6, 6.07) is 0. The normalized spacial score (nSPS) is 15.9. The van der Waals surface area contributed by atoms with E-state index in [0.717, 1.165) is 12.3 Å². The summed E-state index contributed by atoms with van der Waals surface area (Å²) in [5, 5.41) is 0. The smallest absolute Gasteiger partial charge is 0.0352 e. The van der Waals surface area contributed by atoms with Gasteiger partial charge in [0.25, 0.3) is 0 Å². The summed E-state index contributed by atoms with van der Waals surface area (Å²) >= 11 is 0. The highest BCUT2D eigenvalue weighted by Crippen LogP contribution is 2.29. The second kappa shape index (κ2) is 7.11. The van der Waals surface area contributed by atoms with Crippen LogP contribution < -0.4 is 0 Å². The summed E-state index contributed by atoms with van der Waals surface area (Å²) in [7, 11) is 0. The molecule has 1 aliphatic rings. The van der Waals surface area contributed by atoms with Gasteiger partial charge in [-0.3, -0.25) is 0 Å². The Morgan fingerprint density at radius 3 is 2.10 bits per heavy atom. The van der Waals surface area contributed by atoms with Gasteiger partial charge in [-0.05, 0) is 18.8 Å². The van der Waals surface area contributed by atoms with Crippen molar-refractivity contribution in [2.24, 2.45) is 5.92 Å². The Morgan fingerprint density at radius 1 is 1.50 bits per heavy atom. The number of rotatable bonds is 3. The van der Waals surface area contributed by atoms with E-state index in [1.165, 1.54) is 25.7 Å². The molecule has 1 unspecified atom stereocenters. The molecule has 0 aromatic carbocycles. The van der Waals surface area contributed by atoms with Crippen molar-refractivity contribution in [3.8, 4) is 0 Å². The van der Waals surface area contributed by atoms with E-state index in [1.807, 2.05) is 0 Å². The lowest BCUT2D eigenvalue weighted by Crippen LogP contribution is -1.60. The third kappa shape index (κ3) is 8.00. The molecule has 0 heteroatoms. The van der Waals surface area contributed by atoms with Crippen molar-refractivity contribution in [3.63, 3.8) is 0 Å². The van der Waals surface area contributed by atoms with E-state index >= 15 is 0 Å². The Morgan fingerprint density at radius 2 is 2.10 bits per heavy atom. The summed E-state index contributed by atoms with van der Waals surface area (Å²) in [4.78, 5) is 0. The van der Waals surface area contributed by atoms with Crippen LogP contribution in [-0.4, -0.2) is 0 Å². The Hall–Kier alpha value is 0. The van der Waals surface area contributed by atoms with Crippen molar-refractivity contribution in [2.75, 3.05) is 0 Å². The standard InChI is InChI=1S/C5H9.C5H11/c1-2-5-3-4-5;1-3-5-4-2/h3,5H,2,4H2,1H3;1,3-5H2,2H3. The van der Waals surface area contributed by atoms with Gasteiger partial charge in [-0.15, -0.1) is 0 Å². The molecule has 0 bridgehead atoms. The first-order valence-electron chi connectivity index (χ1n) is 4.47. The first-order chi connectivity index (χ1) is 4.85. The van der Waals surface area contributed by atoms with E-state index in [0.29, 0.717) is 0 Å². The van der Waals surface area contributed by atoms with Crippen LogP contribution in [-0.2, 0) is 0 Å². The average Bonchev–Trinajstić information content (AvgIpc) is 2.72. The van der Waals surface area contributed by atoms with E-state index in [-0.39, 0.29) is 0 Å².